The average molecular weight is 359 g/mol. The van der Waals surface area contributed by atoms with Crippen LogP contribution in [0.15, 0.2) is 47.8 Å². The summed E-state index contributed by atoms with van der Waals surface area (Å²) in [6.45, 7) is 0. The van der Waals surface area contributed by atoms with Crippen LogP contribution in [-0.4, -0.2) is 22.8 Å². The standard InChI is InChI=1S/C16H11F6N3/c17-12-5-11(7-23-8-12)9-2-1-3-10(4-9)13-6-14(25-24-13)15(18,19)16(20,21)22/h1-5,7-8,13,24H,6H2. The number of nitrogens with zero attached hydrogens (tertiary/aromatic N) is 2. The summed E-state index contributed by atoms with van der Waals surface area (Å²) in [5.74, 6) is -5.53. The lowest BCUT2D eigenvalue weighted by Gasteiger charge is -2.19. The maximum atomic E-state index is 13.4. The van der Waals surface area contributed by atoms with Gasteiger partial charge in [-0.2, -0.15) is 27.1 Å². The molecule has 1 N–H and O–H groups in total. The van der Waals surface area contributed by atoms with Crippen molar-refractivity contribution < 1.29 is 26.3 Å². The number of alkyl halides is 5. The van der Waals surface area contributed by atoms with E-state index >= 15 is 0 Å². The molecule has 2 heterocycles. The second kappa shape index (κ2) is 6.05. The van der Waals surface area contributed by atoms with Crippen LogP contribution in [0.5, 0.6) is 0 Å². The highest BCUT2D eigenvalue weighted by atomic mass is 19.4. The van der Waals surface area contributed by atoms with Crippen molar-refractivity contribution in [3.63, 3.8) is 0 Å². The van der Waals surface area contributed by atoms with Gasteiger partial charge in [0.1, 0.15) is 11.5 Å². The topological polar surface area (TPSA) is 37.3 Å². The third-order valence-electron chi connectivity index (χ3n) is 3.80. The zero-order valence-corrected chi connectivity index (χ0v) is 12.5. The molecule has 132 valence electrons. The Bertz CT molecular complexity index is 816. The van der Waals surface area contributed by atoms with Gasteiger partial charge in [-0.1, -0.05) is 18.2 Å². The van der Waals surface area contributed by atoms with E-state index in [0.29, 0.717) is 16.7 Å². The molecule has 0 radical (unpaired) electrons. The first kappa shape index (κ1) is 17.2. The molecule has 0 spiro atoms. The summed E-state index contributed by atoms with van der Waals surface area (Å²) in [6.07, 6.45) is -3.83. The smallest absolute Gasteiger partial charge is 0.302 e. The van der Waals surface area contributed by atoms with Gasteiger partial charge in [0.05, 0.1) is 12.2 Å². The van der Waals surface area contributed by atoms with Crippen LogP contribution in [0.3, 0.4) is 0 Å². The molecule has 3 rings (SSSR count). The summed E-state index contributed by atoms with van der Waals surface area (Å²) >= 11 is 0. The normalized spacial score (nSPS) is 18.0. The Labute approximate surface area is 138 Å². The maximum absolute atomic E-state index is 13.4. The largest absolute Gasteiger partial charge is 0.459 e. The Morgan fingerprint density at radius 3 is 2.44 bits per heavy atom. The number of hydrogen-bond acceptors (Lipinski definition) is 3. The molecule has 0 saturated carbocycles. The Hall–Kier alpha value is -2.58. The summed E-state index contributed by atoms with van der Waals surface area (Å²) in [6, 6.07) is 6.80. The van der Waals surface area contributed by atoms with Crippen LogP contribution in [0.1, 0.15) is 18.0 Å². The molecular weight excluding hydrogens is 348 g/mol. The molecule has 3 nitrogen and oxygen atoms in total. The molecular formula is C16H11F6N3. The third-order valence-corrected chi connectivity index (χ3v) is 3.80. The van der Waals surface area contributed by atoms with Crippen LogP contribution in [0.25, 0.3) is 11.1 Å². The van der Waals surface area contributed by atoms with Gasteiger partial charge in [-0.05, 0) is 23.3 Å². The number of benzene rings is 1. The van der Waals surface area contributed by atoms with E-state index in [0.717, 1.165) is 6.20 Å². The number of hydrazone groups is 1. The van der Waals surface area contributed by atoms with Crippen LogP contribution in [0, 0.1) is 5.82 Å². The van der Waals surface area contributed by atoms with E-state index in [1.807, 2.05) is 0 Å². The lowest BCUT2D eigenvalue weighted by Crippen LogP contribution is -2.43. The monoisotopic (exact) mass is 359 g/mol. The Kier molecular flexibility index (Phi) is 4.18. The van der Waals surface area contributed by atoms with E-state index in [2.05, 4.69) is 15.5 Å². The van der Waals surface area contributed by atoms with E-state index in [9.17, 15) is 26.3 Å². The van der Waals surface area contributed by atoms with Gasteiger partial charge in [0, 0.05) is 18.2 Å². The van der Waals surface area contributed by atoms with Crippen LogP contribution < -0.4 is 5.43 Å². The highest BCUT2D eigenvalue weighted by molar-refractivity contribution is 5.93. The van der Waals surface area contributed by atoms with Crippen molar-refractivity contribution in [1.82, 2.24) is 10.4 Å². The molecule has 1 aliphatic heterocycles. The van der Waals surface area contributed by atoms with Gasteiger partial charge in [-0.25, -0.2) is 4.39 Å². The van der Waals surface area contributed by atoms with Crippen LogP contribution in [0.4, 0.5) is 26.3 Å². The second-order valence-corrected chi connectivity index (χ2v) is 5.53. The number of pyridine rings is 1. The summed E-state index contributed by atoms with van der Waals surface area (Å²) in [5.41, 5.74) is 2.52. The summed E-state index contributed by atoms with van der Waals surface area (Å²) in [7, 11) is 0. The van der Waals surface area contributed by atoms with Gasteiger partial charge < -0.3 is 5.43 Å². The predicted molar refractivity (Wildman–Crippen MR) is 78.6 cm³/mol. The van der Waals surface area contributed by atoms with Crippen molar-refractivity contribution in [2.24, 2.45) is 5.10 Å². The molecule has 25 heavy (non-hydrogen) atoms. The first-order valence-electron chi connectivity index (χ1n) is 7.16. The van der Waals surface area contributed by atoms with E-state index in [1.54, 1.807) is 24.3 Å². The van der Waals surface area contributed by atoms with Gasteiger partial charge in [0.15, 0.2) is 0 Å². The van der Waals surface area contributed by atoms with E-state index in [-0.39, 0.29) is 0 Å². The van der Waals surface area contributed by atoms with Gasteiger partial charge in [0.25, 0.3) is 0 Å². The van der Waals surface area contributed by atoms with Gasteiger partial charge in [0.2, 0.25) is 0 Å². The van der Waals surface area contributed by atoms with Crippen molar-refractivity contribution >= 4 is 5.71 Å². The average Bonchev–Trinajstić information content (AvgIpc) is 3.05. The molecule has 1 atom stereocenters. The summed E-state index contributed by atoms with van der Waals surface area (Å²) in [4.78, 5) is 3.72. The Morgan fingerprint density at radius 2 is 1.76 bits per heavy atom. The van der Waals surface area contributed by atoms with Crippen molar-refractivity contribution in [3.8, 4) is 11.1 Å². The SMILES string of the molecule is Fc1cncc(-c2cccc(C3CC(C(F)(F)C(F)(F)F)=NN3)c2)c1. The molecule has 1 unspecified atom stereocenters. The molecule has 1 aromatic carbocycles. The summed E-state index contributed by atoms with van der Waals surface area (Å²) < 4.78 is 77.3. The number of nitrogens with one attached hydrogen (secondary N) is 1. The fourth-order valence-corrected chi connectivity index (χ4v) is 2.50. The lowest BCUT2D eigenvalue weighted by molar-refractivity contribution is -0.249. The minimum absolute atomic E-state index is 0.457. The molecule has 0 bridgehead atoms. The quantitative estimate of drug-likeness (QED) is 0.821. The molecule has 2 aromatic rings. The van der Waals surface area contributed by atoms with Crippen LogP contribution in [0.2, 0.25) is 0 Å². The molecule has 1 aliphatic rings. The molecule has 0 saturated heterocycles. The summed E-state index contributed by atoms with van der Waals surface area (Å²) in [5, 5.41) is 3.17. The Morgan fingerprint density at radius 1 is 1.00 bits per heavy atom. The molecule has 1 aromatic heterocycles. The zero-order chi connectivity index (χ0) is 18.2. The second-order valence-electron chi connectivity index (χ2n) is 5.53. The number of aromatic nitrogens is 1. The van der Waals surface area contributed by atoms with Crippen molar-refractivity contribution in [2.75, 3.05) is 0 Å². The molecule has 0 aliphatic carbocycles. The first-order valence-corrected chi connectivity index (χ1v) is 7.16. The highest BCUT2D eigenvalue weighted by Crippen LogP contribution is 2.40. The maximum Gasteiger partial charge on any atom is 0.459 e. The fraction of sp³-hybridized carbons (Fsp3) is 0.250. The van der Waals surface area contributed by atoms with Gasteiger partial charge in [-0.15, -0.1) is 0 Å². The molecule has 0 fully saturated rings. The number of hydrogen-bond donors (Lipinski definition) is 1. The minimum Gasteiger partial charge on any atom is -0.302 e. The van der Waals surface area contributed by atoms with Gasteiger partial charge >= 0.3 is 12.1 Å². The number of rotatable bonds is 3. The number of halogens is 6. The zero-order valence-electron chi connectivity index (χ0n) is 12.5. The first-order chi connectivity index (χ1) is 11.7. The fourth-order valence-electron chi connectivity index (χ4n) is 2.50. The predicted octanol–water partition coefficient (Wildman–Crippen LogP) is 4.48. The highest BCUT2D eigenvalue weighted by Gasteiger charge is 2.62. The lowest BCUT2D eigenvalue weighted by atomic mass is 9.96. The van der Waals surface area contributed by atoms with Crippen molar-refractivity contribution in [3.05, 3.63) is 54.1 Å². The third kappa shape index (κ3) is 3.31. The van der Waals surface area contributed by atoms with Crippen molar-refractivity contribution in [1.29, 1.82) is 0 Å². The van der Waals surface area contributed by atoms with Crippen molar-refractivity contribution in [2.45, 2.75) is 24.6 Å². The van der Waals surface area contributed by atoms with E-state index < -0.39 is 36.1 Å². The van der Waals surface area contributed by atoms with Gasteiger partial charge in [-0.3, -0.25) is 4.98 Å². The van der Waals surface area contributed by atoms with Crippen LogP contribution in [-0.2, 0) is 0 Å². The minimum atomic E-state index is -5.70. The van der Waals surface area contributed by atoms with Crippen LogP contribution >= 0.6 is 0 Å². The van der Waals surface area contributed by atoms with E-state index in [4.69, 9.17) is 0 Å². The molecule has 0 amide bonds. The Balaban J connectivity index is 1.82. The molecule has 9 heteroatoms. The van der Waals surface area contributed by atoms with E-state index in [1.165, 1.54) is 12.3 Å².